The number of guanidine groups is 3. The summed E-state index contributed by atoms with van der Waals surface area (Å²) >= 11 is 0. The number of carbonyl (C=O) groups is 7. The van der Waals surface area contributed by atoms with Crippen LogP contribution in [0.25, 0.3) is 6.08 Å². The monoisotopic (exact) mass is 1000 g/mol. The summed E-state index contributed by atoms with van der Waals surface area (Å²) in [6.45, 7) is 4.82. The van der Waals surface area contributed by atoms with Gasteiger partial charge in [0.15, 0.2) is 17.9 Å². The molecule has 0 fully saturated rings. The smallest absolute Gasteiger partial charge is 0.253 e. The van der Waals surface area contributed by atoms with Crippen LogP contribution in [0.5, 0.6) is 0 Å². The average Bonchev–Trinajstić information content (AvgIpc) is 3.30. The van der Waals surface area contributed by atoms with E-state index >= 15 is 0 Å². The van der Waals surface area contributed by atoms with Gasteiger partial charge in [0.2, 0.25) is 35.4 Å². The summed E-state index contributed by atoms with van der Waals surface area (Å²) in [5.41, 5.74) is 40.0. The first-order valence-electron chi connectivity index (χ1n) is 22.8. The Kier molecular flexibility index (Phi) is 23.2. The number of hydrogen-bond donors (Lipinski definition) is 11. The summed E-state index contributed by atoms with van der Waals surface area (Å²) < 4.78 is 27.7. The molecular weight excluding hydrogens is 937 g/mol. The summed E-state index contributed by atoms with van der Waals surface area (Å²) in [6, 6.07) is 9.39. The lowest BCUT2D eigenvalue weighted by atomic mass is 9.99. The fourth-order valence-electron chi connectivity index (χ4n) is 7.14. The van der Waals surface area contributed by atoms with Gasteiger partial charge in [0, 0.05) is 38.9 Å². The lowest BCUT2D eigenvalue weighted by Gasteiger charge is -2.30. The van der Waals surface area contributed by atoms with E-state index in [0.29, 0.717) is 27.3 Å². The van der Waals surface area contributed by atoms with Gasteiger partial charge in [-0.1, -0.05) is 50.2 Å². The van der Waals surface area contributed by atoms with E-state index in [2.05, 4.69) is 36.2 Å². The molecule has 0 unspecified atom stereocenters. The molecule has 0 bridgehead atoms. The molecule has 0 aliphatic heterocycles. The minimum atomic E-state index is -1.64. The van der Waals surface area contributed by atoms with E-state index in [9.17, 15) is 42.3 Å². The van der Waals surface area contributed by atoms with Gasteiger partial charge in [-0.15, -0.1) is 0 Å². The van der Waals surface area contributed by atoms with Crippen molar-refractivity contribution in [2.45, 2.75) is 95.9 Å². The molecule has 18 N–H and O–H groups in total. The molecule has 72 heavy (non-hydrogen) atoms. The van der Waals surface area contributed by atoms with Crippen LogP contribution in [0.3, 0.4) is 0 Å². The Morgan fingerprint density at radius 2 is 1.04 bits per heavy atom. The van der Waals surface area contributed by atoms with Crippen molar-refractivity contribution in [3.8, 4) is 0 Å². The van der Waals surface area contributed by atoms with Crippen molar-refractivity contribution in [1.29, 1.82) is 0 Å². The zero-order chi connectivity index (χ0) is 53.5. The molecular formula is C48H65F2N15O7. The zero-order valence-electron chi connectivity index (χ0n) is 40.4. The molecule has 0 aromatic heterocycles. The number of primary amides is 1. The Hall–Kier alpha value is -8.44. The third-order valence-corrected chi connectivity index (χ3v) is 10.6. The first-order valence-corrected chi connectivity index (χ1v) is 22.8. The van der Waals surface area contributed by atoms with Crippen molar-refractivity contribution in [1.82, 2.24) is 26.2 Å². The van der Waals surface area contributed by atoms with Crippen molar-refractivity contribution in [2.75, 3.05) is 13.1 Å². The quantitative estimate of drug-likeness (QED) is 0.0202. The van der Waals surface area contributed by atoms with Gasteiger partial charge in [-0.05, 0) is 97.2 Å². The molecule has 7 amide bonds. The molecule has 0 saturated heterocycles. The van der Waals surface area contributed by atoms with Crippen LogP contribution in [-0.4, -0.2) is 107 Å². The fourth-order valence-corrected chi connectivity index (χ4v) is 7.14. The van der Waals surface area contributed by atoms with Gasteiger partial charge in [0.25, 0.3) is 5.91 Å². The van der Waals surface area contributed by atoms with Crippen LogP contribution >= 0.6 is 0 Å². The fraction of sp³-hybridized carbons (Fsp3) is 0.375. The van der Waals surface area contributed by atoms with Gasteiger partial charge in [0.05, 0.1) is 5.69 Å². The van der Waals surface area contributed by atoms with Crippen molar-refractivity contribution in [3.05, 3.63) is 107 Å². The molecule has 0 heterocycles. The van der Waals surface area contributed by atoms with Crippen molar-refractivity contribution in [3.63, 3.8) is 0 Å². The third kappa shape index (κ3) is 20.7. The number of rotatable bonds is 27. The van der Waals surface area contributed by atoms with E-state index in [1.807, 2.05) is 0 Å². The number of nitrogens with one attached hydrogen (secondary N) is 4. The highest BCUT2D eigenvalue weighted by atomic mass is 19.1. The predicted octanol–water partition coefficient (Wildman–Crippen LogP) is -0.310. The number of carbonyl (C=O) groups excluding carboxylic acids is 7. The standard InChI is InChI=1S/C48H65F2N15O7/c1-27(2)24-37(43(70)62-36(7-5-23-59-47(54)55)42(69)61-35(41(51)68)6-4-22-58-46(52)53)63-44(71)38(25-30-12-19-34(20-13-30)60-48(56)57)64-45(72)39(26-31-10-17-33(50)18-11-31)65(28(3)66)40(67)21-14-29-8-15-32(49)16-9-29/h8-21,27,35-39H,4-7,22-26H2,1-3H3,(H2,51,68)(H,61,69)(H,62,70)(H,63,71)(H,64,72)(H4,52,53,58)(H4,54,55,59)(H4,56,57,60)/b21-14+/t35-,36-,37-,38-,39-/m0/s1. The second-order valence-electron chi connectivity index (χ2n) is 17.0. The number of imide groups is 1. The molecule has 24 heteroatoms. The minimum absolute atomic E-state index is 0.0166. The Balaban J connectivity index is 2.06. The van der Waals surface area contributed by atoms with Gasteiger partial charge in [-0.2, -0.15) is 0 Å². The maximum atomic E-state index is 14.7. The summed E-state index contributed by atoms with van der Waals surface area (Å²) in [5.74, 6) is -8.08. The van der Waals surface area contributed by atoms with Gasteiger partial charge in [-0.25, -0.2) is 13.8 Å². The lowest BCUT2D eigenvalue weighted by molar-refractivity contribution is -0.148. The molecule has 388 valence electrons. The van der Waals surface area contributed by atoms with E-state index < -0.39 is 83.2 Å². The van der Waals surface area contributed by atoms with E-state index in [0.717, 1.165) is 25.1 Å². The second kappa shape index (κ2) is 28.9. The van der Waals surface area contributed by atoms with Crippen LogP contribution in [0, 0.1) is 17.6 Å². The normalized spacial score (nSPS) is 13.0. The van der Waals surface area contributed by atoms with E-state index in [1.54, 1.807) is 38.1 Å². The average molecular weight is 1000 g/mol. The lowest BCUT2D eigenvalue weighted by Crippen LogP contribution is -2.60. The maximum Gasteiger partial charge on any atom is 0.253 e. The minimum Gasteiger partial charge on any atom is -0.370 e. The predicted molar refractivity (Wildman–Crippen MR) is 269 cm³/mol. The molecule has 5 atom stereocenters. The highest BCUT2D eigenvalue weighted by molar-refractivity contribution is 6.06. The third-order valence-electron chi connectivity index (χ3n) is 10.6. The van der Waals surface area contributed by atoms with Crippen molar-refractivity contribution < 1.29 is 42.3 Å². The summed E-state index contributed by atoms with van der Waals surface area (Å²) in [5, 5.41) is 10.6. The first-order chi connectivity index (χ1) is 34.0. The number of halogens is 2. The largest absolute Gasteiger partial charge is 0.370 e. The van der Waals surface area contributed by atoms with Gasteiger partial charge >= 0.3 is 0 Å². The van der Waals surface area contributed by atoms with Gasteiger partial charge < -0.3 is 61.4 Å². The molecule has 0 radical (unpaired) electrons. The van der Waals surface area contributed by atoms with Crippen LogP contribution in [0.1, 0.15) is 69.6 Å². The molecule has 0 saturated carbocycles. The Morgan fingerprint density at radius 3 is 1.56 bits per heavy atom. The molecule has 3 aromatic rings. The SMILES string of the molecule is CC(=O)N(C(=O)/C=C/c1ccc(F)cc1)[C@@H](Cc1ccc(F)cc1)C(=O)N[C@@H](Cc1ccc(N=C(N)N)cc1)C(=O)N[C@@H](CC(C)C)C(=O)N[C@@H](CCCN=C(N)N)C(=O)N[C@@H](CCCN=C(N)N)C(N)=O. The summed E-state index contributed by atoms with van der Waals surface area (Å²) in [6.07, 6.45) is 2.25. The molecule has 0 aliphatic rings. The van der Waals surface area contributed by atoms with Crippen LogP contribution in [0.4, 0.5) is 14.5 Å². The van der Waals surface area contributed by atoms with Crippen LogP contribution in [0.2, 0.25) is 0 Å². The van der Waals surface area contributed by atoms with E-state index in [1.165, 1.54) is 42.5 Å². The highest BCUT2D eigenvalue weighted by Crippen LogP contribution is 2.18. The summed E-state index contributed by atoms with van der Waals surface area (Å²) in [7, 11) is 0. The Bertz CT molecular complexity index is 2460. The van der Waals surface area contributed by atoms with Crippen molar-refractivity contribution >= 4 is 71.0 Å². The zero-order valence-corrected chi connectivity index (χ0v) is 40.4. The number of amides is 7. The van der Waals surface area contributed by atoms with E-state index in [4.69, 9.17) is 40.1 Å². The van der Waals surface area contributed by atoms with Crippen LogP contribution in [-0.2, 0) is 46.4 Å². The van der Waals surface area contributed by atoms with E-state index in [-0.39, 0.29) is 81.8 Å². The van der Waals surface area contributed by atoms with Gasteiger partial charge in [-0.3, -0.25) is 48.4 Å². The maximum absolute atomic E-state index is 14.7. The number of nitrogens with zero attached hydrogens (tertiary/aromatic N) is 4. The second-order valence-corrected chi connectivity index (χ2v) is 17.0. The number of benzene rings is 3. The topological polar surface area (TPSA) is 390 Å². The number of nitrogens with two attached hydrogens (primary N) is 7. The molecule has 3 aromatic carbocycles. The Morgan fingerprint density at radius 1 is 0.583 bits per heavy atom. The van der Waals surface area contributed by atoms with Crippen molar-refractivity contribution in [2.24, 2.45) is 61.0 Å². The van der Waals surface area contributed by atoms with Gasteiger partial charge in [0.1, 0.15) is 41.8 Å². The molecule has 22 nitrogen and oxygen atoms in total. The highest BCUT2D eigenvalue weighted by Gasteiger charge is 2.36. The number of aliphatic imine (C=N–C) groups is 3. The number of hydrogen-bond acceptors (Lipinski definition) is 10. The summed E-state index contributed by atoms with van der Waals surface area (Å²) in [4.78, 5) is 109. The Labute approximate surface area is 415 Å². The van der Waals surface area contributed by atoms with Crippen LogP contribution in [0.15, 0.2) is 93.8 Å². The molecule has 3 rings (SSSR count). The first kappa shape index (κ1) is 57.9. The van der Waals surface area contributed by atoms with Crippen LogP contribution < -0.4 is 61.4 Å². The molecule has 0 aliphatic carbocycles. The molecule has 0 spiro atoms.